The van der Waals surface area contributed by atoms with E-state index in [9.17, 15) is 18.4 Å². The van der Waals surface area contributed by atoms with Gasteiger partial charge in [0.2, 0.25) is 5.91 Å². The molecular formula is C19H18F2N2O3. The molecule has 2 aromatic rings. The highest BCUT2D eigenvalue weighted by Crippen LogP contribution is 2.25. The van der Waals surface area contributed by atoms with E-state index in [1.807, 2.05) is 6.07 Å². The van der Waals surface area contributed by atoms with Crippen LogP contribution in [0.15, 0.2) is 48.5 Å². The second kappa shape index (κ2) is 7.51. The van der Waals surface area contributed by atoms with E-state index in [0.29, 0.717) is 18.7 Å². The Morgan fingerprint density at radius 1 is 1.19 bits per heavy atom. The Morgan fingerprint density at radius 3 is 2.62 bits per heavy atom. The molecule has 1 N–H and O–H groups in total. The summed E-state index contributed by atoms with van der Waals surface area (Å²) >= 11 is 0. The van der Waals surface area contributed by atoms with Crippen LogP contribution in [0.1, 0.15) is 17.3 Å². The van der Waals surface area contributed by atoms with Crippen molar-refractivity contribution in [2.75, 3.05) is 13.1 Å². The fraction of sp³-hybridized carbons (Fsp3) is 0.263. The standard InChI is InChI=1S/C19H18F2N2O3/c1-12-17(24)22-9-10-23(12)18(25)15-4-2-3-14(11-15)13-5-7-16(8-6-13)26-19(20)21/h2-8,11-12,19H,9-10H2,1H3,(H,22,24)/t12-/m0/s1. The Hall–Kier alpha value is -2.96. The molecule has 0 aliphatic carbocycles. The minimum absolute atomic E-state index is 0.0733. The monoisotopic (exact) mass is 360 g/mol. The van der Waals surface area contributed by atoms with Crippen LogP contribution in [-0.4, -0.2) is 42.5 Å². The zero-order chi connectivity index (χ0) is 18.7. The predicted octanol–water partition coefficient (Wildman–Crippen LogP) is 2.92. The molecule has 7 heteroatoms. The number of hydrogen-bond acceptors (Lipinski definition) is 3. The molecule has 0 bridgehead atoms. The summed E-state index contributed by atoms with van der Waals surface area (Å²) in [5.41, 5.74) is 2.01. The van der Waals surface area contributed by atoms with Gasteiger partial charge in [0.15, 0.2) is 0 Å². The van der Waals surface area contributed by atoms with E-state index < -0.39 is 12.7 Å². The zero-order valence-electron chi connectivity index (χ0n) is 14.1. The van der Waals surface area contributed by atoms with Crippen LogP contribution < -0.4 is 10.1 Å². The van der Waals surface area contributed by atoms with Crippen LogP contribution in [-0.2, 0) is 4.79 Å². The molecule has 0 radical (unpaired) electrons. The number of nitrogens with zero attached hydrogens (tertiary/aromatic N) is 1. The van der Waals surface area contributed by atoms with Crippen molar-refractivity contribution in [3.63, 3.8) is 0 Å². The van der Waals surface area contributed by atoms with Gasteiger partial charge in [-0.3, -0.25) is 9.59 Å². The molecule has 2 amide bonds. The number of halogens is 2. The fourth-order valence-electron chi connectivity index (χ4n) is 2.89. The summed E-state index contributed by atoms with van der Waals surface area (Å²) in [5, 5.41) is 2.73. The van der Waals surface area contributed by atoms with Gasteiger partial charge in [0.1, 0.15) is 11.8 Å². The van der Waals surface area contributed by atoms with E-state index >= 15 is 0 Å². The first kappa shape index (κ1) is 17.8. The number of benzene rings is 2. The number of alkyl halides is 2. The summed E-state index contributed by atoms with van der Waals surface area (Å²) in [6.45, 7) is -0.293. The van der Waals surface area contributed by atoms with Crippen molar-refractivity contribution in [1.29, 1.82) is 0 Å². The summed E-state index contributed by atoms with van der Waals surface area (Å²) in [6.07, 6.45) is 0. The molecule has 0 spiro atoms. The van der Waals surface area contributed by atoms with Crippen molar-refractivity contribution >= 4 is 11.8 Å². The molecule has 1 saturated heterocycles. The average Bonchev–Trinajstić information content (AvgIpc) is 2.64. The minimum Gasteiger partial charge on any atom is -0.435 e. The van der Waals surface area contributed by atoms with Crippen molar-refractivity contribution in [2.24, 2.45) is 0 Å². The van der Waals surface area contributed by atoms with E-state index in [-0.39, 0.29) is 17.6 Å². The third-order valence-corrected chi connectivity index (χ3v) is 4.28. The molecule has 1 fully saturated rings. The average molecular weight is 360 g/mol. The Labute approximate surface area is 149 Å². The van der Waals surface area contributed by atoms with Gasteiger partial charge < -0.3 is 15.0 Å². The highest BCUT2D eigenvalue weighted by Gasteiger charge is 2.29. The lowest BCUT2D eigenvalue weighted by molar-refractivity contribution is -0.127. The SMILES string of the molecule is C[C@H]1C(=O)NCCN1C(=O)c1cccc(-c2ccc(OC(F)F)cc2)c1. The number of carbonyl (C=O) groups is 2. The van der Waals surface area contributed by atoms with Crippen molar-refractivity contribution < 1.29 is 23.1 Å². The van der Waals surface area contributed by atoms with Crippen LogP contribution in [0.25, 0.3) is 11.1 Å². The quantitative estimate of drug-likeness (QED) is 0.912. The minimum atomic E-state index is -2.87. The van der Waals surface area contributed by atoms with Crippen LogP contribution in [0.3, 0.4) is 0 Å². The molecule has 1 aliphatic rings. The lowest BCUT2D eigenvalue weighted by Gasteiger charge is -2.32. The summed E-state index contributed by atoms with van der Waals surface area (Å²) in [4.78, 5) is 26.1. The largest absolute Gasteiger partial charge is 0.435 e. The maximum absolute atomic E-state index is 12.8. The topological polar surface area (TPSA) is 58.6 Å². The molecular weight excluding hydrogens is 342 g/mol. The summed E-state index contributed by atoms with van der Waals surface area (Å²) in [5.74, 6) is -0.314. The number of piperazine rings is 1. The van der Waals surface area contributed by atoms with E-state index in [2.05, 4.69) is 10.1 Å². The first-order chi connectivity index (χ1) is 12.5. The Balaban J connectivity index is 1.81. The maximum atomic E-state index is 12.8. The summed E-state index contributed by atoms with van der Waals surface area (Å²) in [6, 6.07) is 12.7. The first-order valence-electron chi connectivity index (χ1n) is 8.19. The summed E-state index contributed by atoms with van der Waals surface area (Å²) < 4.78 is 28.8. The Bertz CT molecular complexity index is 809. The van der Waals surface area contributed by atoms with Gasteiger partial charge in [0.25, 0.3) is 5.91 Å². The third-order valence-electron chi connectivity index (χ3n) is 4.28. The molecule has 0 aromatic heterocycles. The van der Waals surface area contributed by atoms with Gasteiger partial charge in [0.05, 0.1) is 0 Å². The van der Waals surface area contributed by atoms with E-state index in [1.165, 1.54) is 17.0 Å². The van der Waals surface area contributed by atoms with Crippen LogP contribution in [0.5, 0.6) is 5.75 Å². The lowest BCUT2D eigenvalue weighted by atomic mass is 10.0. The van der Waals surface area contributed by atoms with Gasteiger partial charge in [-0.2, -0.15) is 8.78 Å². The molecule has 0 unspecified atom stereocenters. The third kappa shape index (κ3) is 3.82. The highest BCUT2D eigenvalue weighted by atomic mass is 19.3. The maximum Gasteiger partial charge on any atom is 0.387 e. The van der Waals surface area contributed by atoms with Crippen molar-refractivity contribution in [3.05, 3.63) is 54.1 Å². The molecule has 0 saturated carbocycles. The number of ether oxygens (including phenoxy) is 1. The normalized spacial score (nSPS) is 17.2. The predicted molar refractivity (Wildman–Crippen MR) is 92.0 cm³/mol. The van der Waals surface area contributed by atoms with Crippen LogP contribution in [0, 0.1) is 0 Å². The van der Waals surface area contributed by atoms with Crippen molar-refractivity contribution in [1.82, 2.24) is 10.2 Å². The van der Waals surface area contributed by atoms with E-state index in [4.69, 9.17) is 0 Å². The molecule has 1 heterocycles. The molecule has 136 valence electrons. The van der Waals surface area contributed by atoms with Crippen LogP contribution >= 0.6 is 0 Å². The smallest absolute Gasteiger partial charge is 0.387 e. The van der Waals surface area contributed by atoms with Crippen LogP contribution in [0.4, 0.5) is 8.78 Å². The second-order valence-corrected chi connectivity index (χ2v) is 5.95. The van der Waals surface area contributed by atoms with Gasteiger partial charge in [-0.15, -0.1) is 0 Å². The molecule has 1 atom stereocenters. The van der Waals surface area contributed by atoms with Gasteiger partial charge in [-0.1, -0.05) is 24.3 Å². The molecule has 2 aromatic carbocycles. The van der Waals surface area contributed by atoms with Gasteiger partial charge in [-0.25, -0.2) is 0 Å². The van der Waals surface area contributed by atoms with E-state index in [0.717, 1.165) is 11.1 Å². The van der Waals surface area contributed by atoms with Gasteiger partial charge in [-0.05, 0) is 42.3 Å². The second-order valence-electron chi connectivity index (χ2n) is 5.95. The number of hydrogen-bond donors (Lipinski definition) is 1. The highest BCUT2D eigenvalue weighted by molar-refractivity contribution is 5.99. The number of carbonyl (C=O) groups excluding carboxylic acids is 2. The molecule has 26 heavy (non-hydrogen) atoms. The van der Waals surface area contributed by atoms with Gasteiger partial charge >= 0.3 is 6.61 Å². The van der Waals surface area contributed by atoms with Crippen molar-refractivity contribution in [3.8, 4) is 16.9 Å². The number of rotatable bonds is 4. The summed E-state index contributed by atoms with van der Waals surface area (Å²) in [7, 11) is 0. The first-order valence-corrected chi connectivity index (χ1v) is 8.19. The lowest BCUT2D eigenvalue weighted by Crippen LogP contribution is -2.55. The van der Waals surface area contributed by atoms with Crippen LogP contribution in [0.2, 0.25) is 0 Å². The number of nitrogens with one attached hydrogen (secondary N) is 1. The number of amides is 2. The fourth-order valence-corrected chi connectivity index (χ4v) is 2.89. The van der Waals surface area contributed by atoms with E-state index in [1.54, 1.807) is 37.3 Å². The van der Waals surface area contributed by atoms with Crippen molar-refractivity contribution in [2.45, 2.75) is 19.6 Å². The molecule has 5 nitrogen and oxygen atoms in total. The zero-order valence-corrected chi connectivity index (χ0v) is 14.1. The Morgan fingerprint density at radius 2 is 1.92 bits per heavy atom. The molecule has 3 rings (SSSR count). The molecule has 1 aliphatic heterocycles. The van der Waals surface area contributed by atoms with Gasteiger partial charge in [0, 0.05) is 18.7 Å². The Kier molecular flexibility index (Phi) is 5.16.